The highest BCUT2D eigenvalue weighted by atomic mass is 16.5. The average Bonchev–Trinajstić information content (AvgIpc) is 2.60. The molecule has 0 fully saturated rings. The van der Waals surface area contributed by atoms with Crippen LogP contribution in [0.2, 0.25) is 0 Å². The lowest BCUT2D eigenvalue weighted by Crippen LogP contribution is -2.30. The molecule has 0 aliphatic carbocycles. The summed E-state index contributed by atoms with van der Waals surface area (Å²) < 4.78 is 5.74. The zero-order chi connectivity index (χ0) is 10.6. The first-order chi connectivity index (χ1) is 6.63. The smallest absolute Gasteiger partial charge is 0.325 e. The highest BCUT2D eigenvalue weighted by molar-refractivity contribution is 5.93. The molecule has 0 aliphatic heterocycles. The summed E-state index contributed by atoms with van der Waals surface area (Å²) >= 11 is 0. The van der Waals surface area contributed by atoms with Crippen LogP contribution < -0.4 is 5.32 Å². The van der Waals surface area contributed by atoms with Gasteiger partial charge < -0.3 is 10.1 Å². The number of carbonyl (C=O) groups is 2. The van der Waals surface area contributed by atoms with Crippen molar-refractivity contribution in [1.82, 2.24) is 20.3 Å². The topological polar surface area (TPSA) is 86.1 Å². The van der Waals surface area contributed by atoms with Crippen molar-refractivity contribution in [3.05, 3.63) is 11.9 Å². The molecule has 1 amide bonds. The van der Waals surface area contributed by atoms with E-state index >= 15 is 0 Å². The molecule has 76 valence electrons. The van der Waals surface area contributed by atoms with Crippen LogP contribution in [0.15, 0.2) is 6.20 Å². The first-order valence-corrected chi connectivity index (χ1v) is 3.85. The number of carbonyl (C=O) groups excluding carboxylic acids is 2. The van der Waals surface area contributed by atoms with Crippen molar-refractivity contribution in [2.24, 2.45) is 7.05 Å². The van der Waals surface area contributed by atoms with E-state index in [0.717, 1.165) is 0 Å². The van der Waals surface area contributed by atoms with E-state index in [4.69, 9.17) is 0 Å². The number of rotatable bonds is 3. The van der Waals surface area contributed by atoms with Gasteiger partial charge in [-0.05, 0) is 0 Å². The van der Waals surface area contributed by atoms with E-state index in [-0.39, 0.29) is 12.2 Å². The van der Waals surface area contributed by atoms with Crippen molar-refractivity contribution in [2.75, 3.05) is 13.7 Å². The number of hydrogen-bond donors (Lipinski definition) is 1. The number of nitrogens with one attached hydrogen (secondary N) is 1. The van der Waals surface area contributed by atoms with Crippen molar-refractivity contribution in [2.45, 2.75) is 0 Å². The summed E-state index contributed by atoms with van der Waals surface area (Å²) in [4.78, 5) is 21.9. The van der Waals surface area contributed by atoms with Gasteiger partial charge >= 0.3 is 5.97 Å². The van der Waals surface area contributed by atoms with Gasteiger partial charge in [0.05, 0.1) is 13.3 Å². The Morgan fingerprint density at radius 2 is 2.36 bits per heavy atom. The van der Waals surface area contributed by atoms with E-state index in [9.17, 15) is 9.59 Å². The van der Waals surface area contributed by atoms with Crippen molar-refractivity contribution in [1.29, 1.82) is 0 Å². The van der Waals surface area contributed by atoms with Gasteiger partial charge in [-0.25, -0.2) is 0 Å². The fraction of sp³-hybridized carbons (Fsp3) is 0.429. The molecule has 0 radical (unpaired) electrons. The number of aryl methyl sites for hydroxylation is 1. The zero-order valence-electron chi connectivity index (χ0n) is 7.85. The van der Waals surface area contributed by atoms with Gasteiger partial charge in [-0.2, -0.15) is 0 Å². The van der Waals surface area contributed by atoms with E-state index in [1.165, 1.54) is 18.0 Å². The molecule has 1 rings (SSSR count). The van der Waals surface area contributed by atoms with E-state index in [2.05, 4.69) is 20.4 Å². The molecule has 7 heteroatoms. The summed E-state index contributed by atoms with van der Waals surface area (Å²) in [5.41, 5.74) is 0.163. The lowest BCUT2D eigenvalue weighted by Gasteiger charge is -1.99. The molecule has 0 spiro atoms. The number of hydrogen-bond acceptors (Lipinski definition) is 5. The van der Waals surface area contributed by atoms with Gasteiger partial charge in [0.1, 0.15) is 6.54 Å². The number of methoxy groups -OCH3 is 1. The van der Waals surface area contributed by atoms with Crippen LogP contribution in [0.1, 0.15) is 10.5 Å². The van der Waals surface area contributed by atoms with Gasteiger partial charge in [0.25, 0.3) is 5.91 Å². The molecule has 0 unspecified atom stereocenters. The maximum absolute atomic E-state index is 11.2. The third kappa shape index (κ3) is 2.54. The third-order valence-electron chi connectivity index (χ3n) is 1.46. The molecule has 0 aromatic carbocycles. The Morgan fingerprint density at radius 1 is 1.64 bits per heavy atom. The molecule has 1 aromatic rings. The number of esters is 1. The number of aromatic nitrogens is 3. The van der Waals surface area contributed by atoms with Gasteiger partial charge in [0.2, 0.25) is 0 Å². The SMILES string of the molecule is COC(=O)CNC(=O)c1cn(C)nn1. The van der Waals surface area contributed by atoms with Crippen LogP contribution in [0.4, 0.5) is 0 Å². The average molecular weight is 198 g/mol. The van der Waals surface area contributed by atoms with Crippen LogP contribution >= 0.6 is 0 Å². The molecule has 1 N–H and O–H groups in total. The zero-order valence-corrected chi connectivity index (χ0v) is 7.85. The second kappa shape index (κ2) is 4.35. The molecule has 0 aliphatic rings. The molecular weight excluding hydrogens is 188 g/mol. The Kier molecular flexibility index (Phi) is 3.16. The maximum atomic E-state index is 11.2. The predicted octanol–water partition coefficient (Wildman–Crippen LogP) is -1.28. The Labute approximate surface area is 80.0 Å². The van der Waals surface area contributed by atoms with Gasteiger partial charge in [0, 0.05) is 7.05 Å². The molecule has 0 saturated carbocycles. The molecule has 1 aromatic heterocycles. The van der Waals surface area contributed by atoms with Gasteiger partial charge in [0.15, 0.2) is 5.69 Å². The summed E-state index contributed by atoms with van der Waals surface area (Å²) in [7, 11) is 2.89. The normalized spacial score (nSPS) is 9.57. The molecule has 7 nitrogen and oxygen atoms in total. The van der Waals surface area contributed by atoms with Gasteiger partial charge in [-0.3, -0.25) is 14.3 Å². The Bertz CT molecular complexity index is 346. The second-order valence-electron chi connectivity index (χ2n) is 2.54. The van der Waals surface area contributed by atoms with E-state index < -0.39 is 11.9 Å². The fourth-order valence-electron chi connectivity index (χ4n) is 0.767. The van der Waals surface area contributed by atoms with Crippen LogP contribution in [-0.2, 0) is 16.6 Å². The summed E-state index contributed by atoms with van der Waals surface area (Å²) in [6.07, 6.45) is 1.45. The quantitative estimate of drug-likeness (QED) is 0.611. The summed E-state index contributed by atoms with van der Waals surface area (Å²) in [5.74, 6) is -0.967. The maximum Gasteiger partial charge on any atom is 0.325 e. The minimum absolute atomic E-state index is 0.163. The van der Waals surface area contributed by atoms with Crippen LogP contribution in [0.25, 0.3) is 0 Å². The predicted molar refractivity (Wildman–Crippen MR) is 45.4 cm³/mol. The largest absolute Gasteiger partial charge is 0.468 e. The standard InChI is InChI=1S/C7H10N4O3/c1-11-4-5(9-10-11)7(13)8-3-6(12)14-2/h4H,3H2,1-2H3,(H,8,13). The van der Waals surface area contributed by atoms with Gasteiger partial charge in [-0.15, -0.1) is 5.10 Å². The minimum atomic E-state index is -0.512. The van der Waals surface area contributed by atoms with E-state index in [0.29, 0.717) is 0 Å². The Hall–Kier alpha value is -1.92. The second-order valence-corrected chi connectivity index (χ2v) is 2.54. The van der Waals surface area contributed by atoms with Crippen LogP contribution in [-0.4, -0.2) is 40.5 Å². The highest BCUT2D eigenvalue weighted by Gasteiger charge is 2.10. The number of amides is 1. The van der Waals surface area contributed by atoms with Crippen molar-refractivity contribution < 1.29 is 14.3 Å². The fourth-order valence-corrected chi connectivity index (χ4v) is 0.767. The summed E-state index contributed by atoms with van der Waals surface area (Å²) in [6, 6.07) is 0. The molecule has 0 saturated heterocycles. The lowest BCUT2D eigenvalue weighted by atomic mass is 10.4. The number of ether oxygens (including phenoxy) is 1. The first-order valence-electron chi connectivity index (χ1n) is 3.85. The first kappa shape index (κ1) is 10.2. The van der Waals surface area contributed by atoms with Crippen LogP contribution in [0.3, 0.4) is 0 Å². The Morgan fingerprint density at radius 3 is 2.86 bits per heavy atom. The highest BCUT2D eigenvalue weighted by Crippen LogP contribution is 1.89. The van der Waals surface area contributed by atoms with Crippen LogP contribution in [0, 0.1) is 0 Å². The summed E-state index contributed by atoms with van der Waals surface area (Å²) in [5, 5.41) is 9.48. The van der Waals surface area contributed by atoms with Crippen molar-refractivity contribution in [3.63, 3.8) is 0 Å². The van der Waals surface area contributed by atoms with Crippen molar-refractivity contribution in [3.8, 4) is 0 Å². The van der Waals surface area contributed by atoms with Crippen molar-refractivity contribution >= 4 is 11.9 Å². The third-order valence-corrected chi connectivity index (χ3v) is 1.46. The Balaban J connectivity index is 2.47. The molecule has 1 heterocycles. The molecule has 0 bridgehead atoms. The minimum Gasteiger partial charge on any atom is -0.468 e. The van der Waals surface area contributed by atoms with Gasteiger partial charge in [-0.1, -0.05) is 5.21 Å². The lowest BCUT2D eigenvalue weighted by molar-refractivity contribution is -0.139. The molecule has 0 atom stereocenters. The van der Waals surface area contributed by atoms with E-state index in [1.807, 2.05) is 0 Å². The monoisotopic (exact) mass is 198 g/mol. The molecule has 14 heavy (non-hydrogen) atoms. The number of nitrogens with zero attached hydrogens (tertiary/aromatic N) is 3. The molecular formula is C7H10N4O3. The van der Waals surface area contributed by atoms with E-state index in [1.54, 1.807) is 7.05 Å². The summed E-state index contributed by atoms with van der Waals surface area (Å²) in [6.45, 7) is -0.175. The van der Waals surface area contributed by atoms with Crippen LogP contribution in [0.5, 0.6) is 0 Å².